The maximum Gasteiger partial charge on any atom is 0.249 e. The van der Waals surface area contributed by atoms with Crippen molar-refractivity contribution >= 4 is 5.91 Å². The first-order valence-electron chi connectivity index (χ1n) is 6.58. The Morgan fingerprint density at radius 2 is 2.45 bits per heavy atom. The van der Waals surface area contributed by atoms with Gasteiger partial charge < -0.3 is 14.6 Å². The molecule has 0 radical (unpaired) electrons. The van der Waals surface area contributed by atoms with Gasteiger partial charge in [0, 0.05) is 30.6 Å². The Morgan fingerprint density at radius 3 is 3.20 bits per heavy atom. The number of hydrogen-bond acceptors (Lipinski definition) is 5. The summed E-state index contributed by atoms with van der Waals surface area (Å²) < 4.78 is 10.5. The molecule has 1 amide bonds. The second kappa shape index (κ2) is 5.83. The van der Waals surface area contributed by atoms with Crippen LogP contribution in [0.25, 0.3) is 11.3 Å². The first-order valence-corrected chi connectivity index (χ1v) is 6.58. The fraction of sp³-hybridized carbons (Fsp3) is 0.357. The molecule has 1 saturated heterocycles. The molecule has 6 heteroatoms. The smallest absolute Gasteiger partial charge is 0.249 e. The first-order chi connectivity index (χ1) is 9.83. The average Bonchev–Trinajstić information content (AvgIpc) is 3.17. The van der Waals surface area contributed by atoms with Crippen LogP contribution in [0.4, 0.5) is 0 Å². The Morgan fingerprint density at radius 1 is 1.50 bits per heavy atom. The molecular weight excluding hydrogens is 258 g/mol. The maximum atomic E-state index is 11.8. The van der Waals surface area contributed by atoms with Gasteiger partial charge in [-0.3, -0.25) is 9.78 Å². The van der Waals surface area contributed by atoms with Gasteiger partial charge in [0.25, 0.3) is 0 Å². The van der Waals surface area contributed by atoms with Crippen molar-refractivity contribution in [1.29, 1.82) is 0 Å². The molecule has 0 aliphatic carbocycles. The van der Waals surface area contributed by atoms with E-state index in [1.807, 2.05) is 12.1 Å². The summed E-state index contributed by atoms with van der Waals surface area (Å²) in [5.74, 6) is 0.511. The number of ether oxygens (including phenoxy) is 1. The summed E-state index contributed by atoms with van der Waals surface area (Å²) in [4.78, 5) is 15.8. The molecule has 20 heavy (non-hydrogen) atoms. The standard InChI is InChI=1S/C14H15N3O3/c18-14(13-4-2-6-19-13)16-9-11-7-12(17-20-11)10-3-1-5-15-8-10/h1,3,5,7-8,13H,2,4,6,9H2,(H,16,18)/t13-/m1/s1. The lowest BCUT2D eigenvalue weighted by molar-refractivity contribution is -0.130. The molecule has 0 spiro atoms. The van der Waals surface area contributed by atoms with Gasteiger partial charge in [0.2, 0.25) is 5.91 Å². The molecule has 0 saturated carbocycles. The van der Waals surface area contributed by atoms with Crippen LogP contribution in [0.2, 0.25) is 0 Å². The highest BCUT2D eigenvalue weighted by Crippen LogP contribution is 2.17. The van der Waals surface area contributed by atoms with E-state index in [2.05, 4.69) is 15.5 Å². The summed E-state index contributed by atoms with van der Waals surface area (Å²) in [6.07, 6.45) is 4.81. The van der Waals surface area contributed by atoms with E-state index >= 15 is 0 Å². The van der Waals surface area contributed by atoms with E-state index in [1.54, 1.807) is 18.5 Å². The minimum atomic E-state index is -0.323. The van der Waals surface area contributed by atoms with E-state index in [9.17, 15) is 4.79 Å². The lowest BCUT2D eigenvalue weighted by Crippen LogP contribution is -2.33. The number of carbonyl (C=O) groups is 1. The van der Waals surface area contributed by atoms with E-state index < -0.39 is 0 Å². The fourth-order valence-electron chi connectivity index (χ4n) is 2.12. The minimum Gasteiger partial charge on any atom is -0.368 e. The molecule has 2 aromatic rings. The van der Waals surface area contributed by atoms with Gasteiger partial charge in [-0.1, -0.05) is 5.16 Å². The Hall–Kier alpha value is -2.21. The number of amides is 1. The first kappa shape index (κ1) is 12.8. The van der Waals surface area contributed by atoms with Gasteiger partial charge in [0.1, 0.15) is 11.8 Å². The van der Waals surface area contributed by atoms with Crippen LogP contribution >= 0.6 is 0 Å². The number of rotatable bonds is 4. The molecule has 1 aliphatic rings. The number of nitrogens with zero attached hydrogens (tertiary/aromatic N) is 2. The molecule has 3 rings (SSSR count). The van der Waals surface area contributed by atoms with Gasteiger partial charge in [-0.05, 0) is 25.0 Å². The van der Waals surface area contributed by atoms with Gasteiger partial charge in [0.05, 0.1) is 6.54 Å². The molecule has 0 aromatic carbocycles. The third-order valence-corrected chi connectivity index (χ3v) is 3.18. The van der Waals surface area contributed by atoms with Crippen molar-refractivity contribution in [1.82, 2.24) is 15.5 Å². The Kier molecular flexibility index (Phi) is 3.73. The van der Waals surface area contributed by atoms with E-state index in [0.717, 1.165) is 18.4 Å². The van der Waals surface area contributed by atoms with E-state index in [4.69, 9.17) is 9.26 Å². The lowest BCUT2D eigenvalue weighted by Gasteiger charge is -2.08. The zero-order valence-electron chi connectivity index (χ0n) is 10.9. The van der Waals surface area contributed by atoms with Crippen LogP contribution < -0.4 is 5.32 Å². The highest BCUT2D eigenvalue weighted by molar-refractivity contribution is 5.80. The van der Waals surface area contributed by atoms with Gasteiger partial charge in [-0.15, -0.1) is 0 Å². The van der Waals surface area contributed by atoms with E-state index in [0.29, 0.717) is 24.6 Å². The van der Waals surface area contributed by atoms with Crippen LogP contribution in [0, 0.1) is 0 Å². The van der Waals surface area contributed by atoms with Gasteiger partial charge in [-0.25, -0.2) is 0 Å². The molecule has 1 aliphatic heterocycles. The average molecular weight is 273 g/mol. The van der Waals surface area contributed by atoms with Crippen LogP contribution in [0.15, 0.2) is 35.1 Å². The Bertz CT molecular complexity index is 576. The predicted octanol–water partition coefficient (Wildman–Crippen LogP) is 1.53. The largest absolute Gasteiger partial charge is 0.368 e. The second-order valence-corrected chi connectivity index (χ2v) is 4.64. The van der Waals surface area contributed by atoms with Crippen LogP contribution in [-0.2, 0) is 16.1 Å². The highest BCUT2D eigenvalue weighted by Gasteiger charge is 2.23. The normalized spacial score (nSPS) is 18.1. The van der Waals surface area contributed by atoms with Crippen molar-refractivity contribution in [3.63, 3.8) is 0 Å². The van der Waals surface area contributed by atoms with Crippen LogP contribution in [0.5, 0.6) is 0 Å². The van der Waals surface area contributed by atoms with Crippen molar-refractivity contribution in [2.24, 2.45) is 0 Å². The quantitative estimate of drug-likeness (QED) is 0.914. The molecule has 2 aromatic heterocycles. The molecule has 6 nitrogen and oxygen atoms in total. The predicted molar refractivity (Wildman–Crippen MR) is 70.6 cm³/mol. The van der Waals surface area contributed by atoms with E-state index in [1.165, 1.54) is 0 Å². The minimum absolute atomic E-state index is 0.0955. The topological polar surface area (TPSA) is 77.3 Å². The van der Waals surface area contributed by atoms with Gasteiger partial charge in [-0.2, -0.15) is 0 Å². The zero-order chi connectivity index (χ0) is 13.8. The summed E-state index contributed by atoms with van der Waals surface area (Å²) >= 11 is 0. The number of hydrogen-bond donors (Lipinski definition) is 1. The third-order valence-electron chi connectivity index (χ3n) is 3.18. The third kappa shape index (κ3) is 2.85. The SMILES string of the molecule is O=C(NCc1cc(-c2cccnc2)no1)[C@H]1CCCO1. The molecule has 1 fully saturated rings. The monoisotopic (exact) mass is 273 g/mol. The summed E-state index contributed by atoms with van der Waals surface area (Å²) in [6, 6.07) is 5.54. The van der Waals surface area contributed by atoms with Crippen molar-refractivity contribution in [3.8, 4) is 11.3 Å². The zero-order valence-corrected chi connectivity index (χ0v) is 10.9. The van der Waals surface area contributed by atoms with Crippen molar-refractivity contribution in [2.45, 2.75) is 25.5 Å². The Labute approximate surface area is 116 Å². The van der Waals surface area contributed by atoms with Gasteiger partial charge in [0.15, 0.2) is 5.76 Å². The molecule has 3 heterocycles. The van der Waals surface area contributed by atoms with Gasteiger partial charge >= 0.3 is 0 Å². The van der Waals surface area contributed by atoms with Crippen molar-refractivity contribution in [2.75, 3.05) is 6.61 Å². The highest BCUT2D eigenvalue weighted by atomic mass is 16.5. The lowest BCUT2D eigenvalue weighted by atomic mass is 10.2. The number of pyridine rings is 1. The number of nitrogens with one attached hydrogen (secondary N) is 1. The summed E-state index contributed by atoms with van der Waals surface area (Å²) in [6.45, 7) is 0.970. The molecule has 0 bridgehead atoms. The Balaban J connectivity index is 1.59. The van der Waals surface area contributed by atoms with E-state index in [-0.39, 0.29) is 12.0 Å². The second-order valence-electron chi connectivity index (χ2n) is 4.64. The number of carbonyl (C=O) groups excluding carboxylic acids is 1. The van der Waals surface area contributed by atoms with Crippen LogP contribution in [0.3, 0.4) is 0 Å². The summed E-state index contributed by atoms with van der Waals surface area (Å²) in [5.41, 5.74) is 1.59. The van der Waals surface area contributed by atoms with Crippen LogP contribution in [0.1, 0.15) is 18.6 Å². The molecular formula is C14H15N3O3. The molecule has 0 unspecified atom stereocenters. The fourth-order valence-corrected chi connectivity index (χ4v) is 2.12. The summed E-state index contributed by atoms with van der Waals surface area (Å²) in [7, 11) is 0. The van der Waals surface area contributed by atoms with Crippen molar-refractivity contribution in [3.05, 3.63) is 36.4 Å². The molecule has 104 valence electrons. The maximum absolute atomic E-state index is 11.8. The number of aromatic nitrogens is 2. The molecule has 1 atom stereocenters. The molecule has 1 N–H and O–H groups in total. The summed E-state index contributed by atoms with van der Waals surface area (Å²) in [5, 5.41) is 6.76. The van der Waals surface area contributed by atoms with Crippen molar-refractivity contribution < 1.29 is 14.1 Å². The van der Waals surface area contributed by atoms with Crippen LogP contribution in [-0.4, -0.2) is 28.8 Å².